The molecule has 0 saturated carbocycles. The minimum atomic E-state index is -0.829. The smallest absolute Gasteiger partial charge is 0.340 e. The monoisotopic (exact) mass is 340 g/mol. The van der Waals surface area contributed by atoms with Crippen molar-refractivity contribution >= 4 is 23.5 Å². The van der Waals surface area contributed by atoms with Crippen LogP contribution < -0.4 is 10.6 Å². The predicted molar refractivity (Wildman–Crippen MR) is 94.2 cm³/mol. The van der Waals surface area contributed by atoms with Crippen molar-refractivity contribution in [2.75, 3.05) is 18.5 Å². The molecule has 0 radical (unpaired) electrons. The van der Waals surface area contributed by atoms with Crippen molar-refractivity contribution in [3.63, 3.8) is 0 Å². The summed E-state index contributed by atoms with van der Waals surface area (Å²) in [6.45, 7) is 2.26. The standard InChI is InChI=1S/C19H20N2O4/c1-2-25-19(24)15-10-6-7-11-16(15)21-18(23)17(22)20-13-12-14-8-4-3-5-9-14/h3-11H,2,12-13H2,1H3,(H,20,22)(H,21,23). The molecule has 6 nitrogen and oxygen atoms in total. The van der Waals surface area contributed by atoms with Gasteiger partial charge in [0.2, 0.25) is 0 Å². The number of benzene rings is 2. The quantitative estimate of drug-likeness (QED) is 0.623. The predicted octanol–water partition coefficient (Wildman–Crippen LogP) is 2.16. The fourth-order valence-electron chi connectivity index (χ4n) is 2.20. The lowest BCUT2D eigenvalue weighted by molar-refractivity contribution is -0.136. The van der Waals surface area contributed by atoms with E-state index in [4.69, 9.17) is 4.74 Å². The summed E-state index contributed by atoms with van der Waals surface area (Å²) in [5.74, 6) is -2.14. The molecule has 0 aromatic heterocycles. The van der Waals surface area contributed by atoms with Gasteiger partial charge in [-0.15, -0.1) is 0 Å². The first kappa shape index (κ1) is 18.2. The van der Waals surface area contributed by atoms with Gasteiger partial charge in [0.05, 0.1) is 17.9 Å². The largest absolute Gasteiger partial charge is 0.462 e. The maximum absolute atomic E-state index is 12.0. The lowest BCUT2D eigenvalue weighted by atomic mass is 10.1. The van der Waals surface area contributed by atoms with E-state index >= 15 is 0 Å². The number of anilines is 1. The third kappa shape index (κ3) is 5.46. The molecule has 2 rings (SSSR count). The van der Waals surface area contributed by atoms with Crippen LogP contribution in [0.15, 0.2) is 54.6 Å². The first-order valence-corrected chi connectivity index (χ1v) is 8.01. The van der Waals surface area contributed by atoms with Crippen LogP contribution in [0.4, 0.5) is 5.69 Å². The Kier molecular flexibility index (Phi) is 6.71. The number of ether oxygens (including phenoxy) is 1. The maximum atomic E-state index is 12.0. The van der Waals surface area contributed by atoms with Crippen molar-refractivity contribution in [3.05, 3.63) is 65.7 Å². The zero-order valence-electron chi connectivity index (χ0n) is 14.0. The van der Waals surface area contributed by atoms with Crippen LogP contribution >= 0.6 is 0 Å². The van der Waals surface area contributed by atoms with Crippen LogP contribution in [-0.4, -0.2) is 30.9 Å². The Morgan fingerprint density at radius 3 is 2.32 bits per heavy atom. The summed E-state index contributed by atoms with van der Waals surface area (Å²) >= 11 is 0. The van der Waals surface area contributed by atoms with E-state index in [1.807, 2.05) is 30.3 Å². The van der Waals surface area contributed by atoms with Gasteiger partial charge in [-0.25, -0.2) is 4.79 Å². The van der Waals surface area contributed by atoms with Crippen LogP contribution in [0.2, 0.25) is 0 Å². The Bertz CT molecular complexity index is 744. The van der Waals surface area contributed by atoms with E-state index in [9.17, 15) is 14.4 Å². The van der Waals surface area contributed by atoms with Crippen LogP contribution in [0, 0.1) is 0 Å². The molecule has 0 bridgehead atoms. The Balaban J connectivity index is 1.91. The molecule has 0 unspecified atom stereocenters. The highest BCUT2D eigenvalue weighted by Gasteiger charge is 2.18. The third-order valence-electron chi connectivity index (χ3n) is 3.42. The number of carbonyl (C=O) groups excluding carboxylic acids is 3. The molecule has 2 aromatic carbocycles. The highest BCUT2D eigenvalue weighted by Crippen LogP contribution is 2.16. The summed E-state index contributed by atoms with van der Waals surface area (Å²) in [4.78, 5) is 35.8. The number of esters is 1. The average Bonchev–Trinajstić information content (AvgIpc) is 2.63. The SMILES string of the molecule is CCOC(=O)c1ccccc1NC(=O)C(=O)NCCc1ccccc1. The van der Waals surface area contributed by atoms with Crippen LogP contribution in [-0.2, 0) is 20.7 Å². The van der Waals surface area contributed by atoms with Gasteiger partial charge < -0.3 is 15.4 Å². The zero-order chi connectivity index (χ0) is 18.1. The van der Waals surface area contributed by atoms with Crippen LogP contribution in [0.1, 0.15) is 22.8 Å². The first-order chi connectivity index (χ1) is 12.1. The van der Waals surface area contributed by atoms with Gasteiger partial charge in [-0.3, -0.25) is 9.59 Å². The molecule has 0 spiro atoms. The van der Waals surface area contributed by atoms with Gasteiger partial charge in [0, 0.05) is 6.54 Å². The van der Waals surface area contributed by atoms with Crippen molar-refractivity contribution in [3.8, 4) is 0 Å². The van der Waals surface area contributed by atoms with E-state index in [2.05, 4.69) is 10.6 Å². The van der Waals surface area contributed by atoms with Gasteiger partial charge in [0.15, 0.2) is 0 Å². The van der Waals surface area contributed by atoms with Gasteiger partial charge in [0.1, 0.15) is 0 Å². The summed E-state index contributed by atoms with van der Waals surface area (Å²) in [5.41, 5.74) is 1.51. The number of hydrogen-bond donors (Lipinski definition) is 2. The van der Waals surface area contributed by atoms with E-state index in [-0.39, 0.29) is 17.9 Å². The number of carbonyl (C=O) groups is 3. The minimum Gasteiger partial charge on any atom is -0.462 e. The lowest BCUT2D eigenvalue weighted by Crippen LogP contribution is -2.36. The van der Waals surface area contributed by atoms with E-state index in [0.717, 1.165) is 5.56 Å². The molecule has 130 valence electrons. The topological polar surface area (TPSA) is 84.5 Å². The molecule has 0 fully saturated rings. The van der Waals surface area contributed by atoms with Gasteiger partial charge in [-0.1, -0.05) is 42.5 Å². The molecular formula is C19H20N2O4. The van der Waals surface area contributed by atoms with Crippen molar-refractivity contribution in [1.29, 1.82) is 0 Å². The van der Waals surface area contributed by atoms with Gasteiger partial charge >= 0.3 is 17.8 Å². The average molecular weight is 340 g/mol. The molecular weight excluding hydrogens is 320 g/mol. The fourth-order valence-corrected chi connectivity index (χ4v) is 2.20. The van der Waals surface area contributed by atoms with E-state index in [1.54, 1.807) is 25.1 Å². The number of amides is 2. The normalized spacial score (nSPS) is 9.96. The minimum absolute atomic E-state index is 0.204. The molecule has 2 aromatic rings. The van der Waals surface area contributed by atoms with Crippen LogP contribution in [0.25, 0.3) is 0 Å². The number of rotatable bonds is 6. The molecule has 0 aliphatic carbocycles. The summed E-state index contributed by atoms with van der Waals surface area (Å²) in [7, 11) is 0. The summed E-state index contributed by atoms with van der Waals surface area (Å²) in [6.07, 6.45) is 0.624. The molecule has 0 aliphatic rings. The van der Waals surface area contributed by atoms with Crippen LogP contribution in [0.3, 0.4) is 0 Å². The first-order valence-electron chi connectivity index (χ1n) is 8.01. The highest BCUT2D eigenvalue weighted by atomic mass is 16.5. The number of hydrogen-bond acceptors (Lipinski definition) is 4. The summed E-state index contributed by atoms with van der Waals surface area (Å²) in [6, 6.07) is 16.0. The van der Waals surface area contributed by atoms with E-state index in [0.29, 0.717) is 13.0 Å². The molecule has 6 heteroatoms. The summed E-state index contributed by atoms with van der Waals surface area (Å²) in [5, 5.41) is 5.00. The van der Waals surface area contributed by atoms with Crippen molar-refractivity contribution in [2.24, 2.45) is 0 Å². The number of para-hydroxylation sites is 1. The molecule has 0 atom stereocenters. The summed E-state index contributed by atoms with van der Waals surface area (Å²) < 4.78 is 4.93. The molecule has 2 amide bonds. The molecule has 25 heavy (non-hydrogen) atoms. The molecule has 0 heterocycles. The second kappa shape index (κ2) is 9.22. The Labute approximate surface area is 146 Å². The van der Waals surface area contributed by atoms with E-state index in [1.165, 1.54) is 6.07 Å². The van der Waals surface area contributed by atoms with Gasteiger partial charge in [-0.2, -0.15) is 0 Å². The molecule has 0 saturated heterocycles. The molecule has 0 aliphatic heterocycles. The second-order valence-electron chi connectivity index (χ2n) is 5.21. The van der Waals surface area contributed by atoms with Crippen molar-refractivity contribution < 1.29 is 19.1 Å². The Morgan fingerprint density at radius 2 is 1.60 bits per heavy atom. The van der Waals surface area contributed by atoms with Gasteiger partial charge in [-0.05, 0) is 31.0 Å². The highest BCUT2D eigenvalue weighted by molar-refractivity contribution is 6.40. The van der Waals surface area contributed by atoms with Gasteiger partial charge in [0.25, 0.3) is 0 Å². The van der Waals surface area contributed by atoms with Crippen molar-refractivity contribution in [2.45, 2.75) is 13.3 Å². The lowest BCUT2D eigenvalue weighted by Gasteiger charge is -2.10. The van der Waals surface area contributed by atoms with E-state index < -0.39 is 17.8 Å². The Morgan fingerprint density at radius 1 is 0.920 bits per heavy atom. The zero-order valence-corrected chi connectivity index (χ0v) is 14.0. The Hall–Kier alpha value is -3.15. The fraction of sp³-hybridized carbons (Fsp3) is 0.211. The van der Waals surface area contributed by atoms with Crippen molar-refractivity contribution in [1.82, 2.24) is 5.32 Å². The third-order valence-corrected chi connectivity index (χ3v) is 3.42. The van der Waals surface area contributed by atoms with Crippen LogP contribution in [0.5, 0.6) is 0 Å². The maximum Gasteiger partial charge on any atom is 0.340 e. The molecule has 2 N–H and O–H groups in total. The number of nitrogens with one attached hydrogen (secondary N) is 2. The second-order valence-corrected chi connectivity index (χ2v) is 5.21.